The third-order valence-electron chi connectivity index (χ3n) is 6.34. The molecule has 8 heteroatoms. The maximum atomic E-state index is 14.0. The third-order valence-corrected chi connectivity index (χ3v) is 8.13. The lowest BCUT2D eigenvalue weighted by Crippen LogP contribution is -2.54. The van der Waals surface area contributed by atoms with Crippen LogP contribution >= 0.6 is 0 Å². The molecule has 0 saturated carbocycles. The Labute approximate surface area is 232 Å². The van der Waals surface area contributed by atoms with Gasteiger partial charge in [-0.2, -0.15) is 0 Å². The predicted molar refractivity (Wildman–Crippen MR) is 156 cm³/mol. The molecule has 1 atom stereocenters. The van der Waals surface area contributed by atoms with Crippen molar-refractivity contribution in [1.82, 2.24) is 10.2 Å². The maximum absolute atomic E-state index is 14.0. The minimum Gasteiger partial charge on any atom is -0.350 e. The highest BCUT2D eigenvalue weighted by molar-refractivity contribution is 7.92. The van der Waals surface area contributed by atoms with E-state index in [1.165, 1.54) is 17.0 Å². The second kappa shape index (κ2) is 12.5. The summed E-state index contributed by atoms with van der Waals surface area (Å²) in [6.07, 6.45) is 0.801. The number of sulfonamides is 1. The van der Waals surface area contributed by atoms with Crippen molar-refractivity contribution in [3.8, 4) is 0 Å². The van der Waals surface area contributed by atoms with Crippen molar-refractivity contribution in [3.63, 3.8) is 0 Å². The van der Waals surface area contributed by atoms with Crippen molar-refractivity contribution in [2.75, 3.05) is 10.8 Å². The summed E-state index contributed by atoms with van der Waals surface area (Å²) in [5, 5.41) is 2.94. The molecule has 0 radical (unpaired) electrons. The Morgan fingerprint density at radius 3 is 2.10 bits per heavy atom. The van der Waals surface area contributed by atoms with E-state index in [1.54, 1.807) is 37.3 Å². The molecular weight excluding hydrogens is 510 g/mol. The van der Waals surface area contributed by atoms with Gasteiger partial charge >= 0.3 is 0 Å². The van der Waals surface area contributed by atoms with Crippen LogP contribution in [0.2, 0.25) is 0 Å². The number of hydrogen-bond acceptors (Lipinski definition) is 4. The second-order valence-corrected chi connectivity index (χ2v) is 12.6. The summed E-state index contributed by atoms with van der Waals surface area (Å²) in [6, 6.07) is 22.1. The zero-order valence-electron chi connectivity index (χ0n) is 23.6. The first-order valence-corrected chi connectivity index (χ1v) is 14.6. The van der Waals surface area contributed by atoms with Crippen LogP contribution in [0.4, 0.5) is 5.69 Å². The van der Waals surface area contributed by atoms with Crippen LogP contribution in [-0.2, 0) is 32.6 Å². The summed E-state index contributed by atoms with van der Waals surface area (Å²) < 4.78 is 28.8. The first kappa shape index (κ1) is 29.9. The van der Waals surface area contributed by atoms with Gasteiger partial charge in [-0.05, 0) is 76.4 Å². The van der Waals surface area contributed by atoms with Gasteiger partial charge in [-0.15, -0.1) is 0 Å². The molecule has 0 unspecified atom stereocenters. The van der Waals surface area contributed by atoms with Gasteiger partial charge in [0.15, 0.2) is 0 Å². The summed E-state index contributed by atoms with van der Waals surface area (Å²) in [6.45, 7) is 11.0. The van der Waals surface area contributed by atoms with Gasteiger partial charge in [0.05, 0.1) is 10.6 Å². The Balaban J connectivity index is 2.03. The maximum Gasteiger partial charge on any atom is 0.264 e. The number of carbonyl (C=O) groups is 2. The SMILES string of the molecule is CCc1ccc(N(CC(=O)N(Cc2cccc(C)c2)[C@H](C)C(=O)NC(C)(C)C)S(=O)(=O)c2ccccc2)cc1. The molecule has 3 aromatic carbocycles. The van der Waals surface area contributed by atoms with Crippen LogP contribution in [0.15, 0.2) is 83.8 Å². The molecule has 3 aromatic rings. The highest BCUT2D eigenvalue weighted by atomic mass is 32.2. The lowest BCUT2D eigenvalue weighted by atomic mass is 10.1. The van der Waals surface area contributed by atoms with Gasteiger partial charge < -0.3 is 10.2 Å². The molecular formula is C31H39N3O4S. The Morgan fingerprint density at radius 1 is 0.897 bits per heavy atom. The number of nitrogens with one attached hydrogen (secondary N) is 1. The molecule has 208 valence electrons. The fraction of sp³-hybridized carbons (Fsp3) is 0.355. The zero-order chi connectivity index (χ0) is 28.8. The first-order chi connectivity index (χ1) is 18.3. The third kappa shape index (κ3) is 7.93. The molecule has 0 aliphatic heterocycles. The number of hydrogen-bond donors (Lipinski definition) is 1. The van der Waals surface area contributed by atoms with E-state index in [-0.39, 0.29) is 17.3 Å². The van der Waals surface area contributed by atoms with Gasteiger partial charge in [0.2, 0.25) is 11.8 Å². The van der Waals surface area contributed by atoms with Crippen LogP contribution in [0.1, 0.15) is 51.3 Å². The summed E-state index contributed by atoms with van der Waals surface area (Å²) >= 11 is 0. The second-order valence-electron chi connectivity index (χ2n) is 10.8. The van der Waals surface area contributed by atoms with Gasteiger partial charge in [-0.25, -0.2) is 8.42 Å². The topological polar surface area (TPSA) is 86.8 Å². The molecule has 1 N–H and O–H groups in total. The molecule has 0 aliphatic rings. The lowest BCUT2D eigenvalue weighted by molar-refractivity contribution is -0.140. The zero-order valence-corrected chi connectivity index (χ0v) is 24.5. The Bertz CT molecular complexity index is 1380. The van der Waals surface area contributed by atoms with Crippen molar-refractivity contribution < 1.29 is 18.0 Å². The Kier molecular flexibility index (Phi) is 9.56. The quantitative estimate of drug-likeness (QED) is 0.382. The average Bonchev–Trinajstić information content (AvgIpc) is 2.89. The van der Waals surface area contributed by atoms with Crippen LogP contribution in [0.3, 0.4) is 0 Å². The van der Waals surface area contributed by atoms with Crippen molar-refractivity contribution in [3.05, 3.63) is 95.6 Å². The van der Waals surface area contributed by atoms with Gasteiger partial charge in [-0.1, -0.05) is 67.1 Å². The van der Waals surface area contributed by atoms with Gasteiger partial charge in [-0.3, -0.25) is 13.9 Å². The largest absolute Gasteiger partial charge is 0.350 e. The van der Waals surface area contributed by atoms with E-state index in [9.17, 15) is 18.0 Å². The average molecular weight is 550 g/mol. The summed E-state index contributed by atoms with van der Waals surface area (Å²) in [4.78, 5) is 28.7. The molecule has 7 nitrogen and oxygen atoms in total. The van der Waals surface area contributed by atoms with Crippen LogP contribution in [0, 0.1) is 6.92 Å². The highest BCUT2D eigenvalue weighted by Crippen LogP contribution is 2.25. The number of anilines is 1. The molecule has 0 aromatic heterocycles. The lowest BCUT2D eigenvalue weighted by Gasteiger charge is -2.33. The standard InChI is InChI=1S/C31H39N3O4S/c1-7-25-16-18-27(19-17-25)34(39(37,38)28-14-9-8-10-15-28)22-29(35)33(21-26-13-11-12-23(2)20-26)24(3)30(36)32-31(4,5)6/h8-20,24H,7,21-22H2,1-6H3,(H,32,36)/t24-/m1/s1. The molecule has 2 amide bonds. The van der Waals surface area contributed by atoms with E-state index >= 15 is 0 Å². The molecule has 0 bridgehead atoms. The molecule has 0 spiro atoms. The van der Waals surface area contributed by atoms with Crippen molar-refractivity contribution in [2.45, 2.75) is 71.0 Å². The van der Waals surface area contributed by atoms with Crippen molar-refractivity contribution >= 4 is 27.5 Å². The van der Waals surface area contributed by atoms with Gasteiger partial charge in [0, 0.05) is 12.1 Å². The summed E-state index contributed by atoms with van der Waals surface area (Å²) in [7, 11) is -4.07. The van der Waals surface area contributed by atoms with Crippen molar-refractivity contribution in [1.29, 1.82) is 0 Å². The predicted octanol–water partition coefficient (Wildman–Crippen LogP) is 5.08. The minimum atomic E-state index is -4.07. The number of benzene rings is 3. The monoisotopic (exact) mass is 549 g/mol. The number of carbonyl (C=O) groups excluding carboxylic acids is 2. The molecule has 39 heavy (non-hydrogen) atoms. The number of nitrogens with zero attached hydrogens (tertiary/aromatic N) is 2. The van der Waals surface area contributed by atoms with Crippen molar-refractivity contribution in [2.24, 2.45) is 0 Å². The minimum absolute atomic E-state index is 0.0844. The van der Waals surface area contributed by atoms with E-state index in [4.69, 9.17) is 0 Å². The normalized spacial score (nSPS) is 12.5. The summed E-state index contributed by atoms with van der Waals surface area (Å²) in [5.41, 5.74) is 2.81. The Hall–Kier alpha value is -3.65. The molecule has 0 aliphatic carbocycles. The van der Waals surface area contributed by atoms with E-state index in [1.807, 2.05) is 71.0 Å². The number of aryl methyl sites for hydroxylation is 2. The number of rotatable bonds is 10. The van der Waals surface area contributed by atoms with Gasteiger partial charge in [0.25, 0.3) is 10.0 Å². The smallest absolute Gasteiger partial charge is 0.264 e. The first-order valence-electron chi connectivity index (χ1n) is 13.2. The number of amides is 2. The van der Waals surface area contributed by atoms with Crippen LogP contribution in [0.5, 0.6) is 0 Å². The van der Waals surface area contributed by atoms with E-state index in [0.29, 0.717) is 5.69 Å². The molecule has 3 rings (SSSR count). The van der Waals surface area contributed by atoms with E-state index < -0.39 is 34.1 Å². The fourth-order valence-corrected chi connectivity index (χ4v) is 5.65. The summed E-state index contributed by atoms with van der Waals surface area (Å²) in [5.74, 6) is -0.791. The highest BCUT2D eigenvalue weighted by Gasteiger charge is 2.33. The van der Waals surface area contributed by atoms with Gasteiger partial charge in [0.1, 0.15) is 12.6 Å². The fourth-order valence-electron chi connectivity index (χ4n) is 4.21. The molecule has 0 heterocycles. The van der Waals surface area contributed by atoms with Crippen LogP contribution in [0.25, 0.3) is 0 Å². The van der Waals surface area contributed by atoms with Crippen LogP contribution < -0.4 is 9.62 Å². The Morgan fingerprint density at radius 2 is 1.54 bits per heavy atom. The van der Waals surface area contributed by atoms with E-state index in [2.05, 4.69) is 5.32 Å². The van der Waals surface area contributed by atoms with Crippen LogP contribution in [-0.4, -0.2) is 43.3 Å². The van der Waals surface area contributed by atoms with E-state index in [0.717, 1.165) is 27.4 Å². The molecule has 0 saturated heterocycles. The molecule has 0 fully saturated rings.